The summed E-state index contributed by atoms with van der Waals surface area (Å²) in [5.41, 5.74) is -0.374. The summed E-state index contributed by atoms with van der Waals surface area (Å²) in [6.07, 6.45) is 2.35. The molecule has 0 aliphatic carbocycles. The SMILES string of the molecule is CCC(CO)(CO)CCOCCCOC. The Morgan fingerprint density at radius 2 is 1.73 bits per heavy atom. The molecular formula is C11H24O4. The molecule has 0 aromatic heterocycles. The molecule has 92 valence electrons. The van der Waals surface area contributed by atoms with Gasteiger partial charge in [0.2, 0.25) is 0 Å². The van der Waals surface area contributed by atoms with Crippen LogP contribution in [0.15, 0.2) is 0 Å². The molecular weight excluding hydrogens is 196 g/mol. The van der Waals surface area contributed by atoms with Crippen molar-refractivity contribution in [3.8, 4) is 0 Å². The highest BCUT2D eigenvalue weighted by Crippen LogP contribution is 2.24. The third-order valence-electron chi connectivity index (χ3n) is 2.83. The molecule has 0 aromatic carbocycles. The van der Waals surface area contributed by atoms with Crippen molar-refractivity contribution in [3.63, 3.8) is 0 Å². The highest BCUT2D eigenvalue weighted by Gasteiger charge is 2.25. The van der Waals surface area contributed by atoms with Crippen LogP contribution in [0.25, 0.3) is 0 Å². The molecule has 0 aliphatic rings. The summed E-state index contributed by atoms with van der Waals surface area (Å²) < 4.78 is 10.3. The van der Waals surface area contributed by atoms with Gasteiger partial charge >= 0.3 is 0 Å². The molecule has 0 fully saturated rings. The molecule has 0 atom stereocenters. The van der Waals surface area contributed by atoms with Crippen LogP contribution < -0.4 is 0 Å². The average Bonchev–Trinajstić information content (AvgIpc) is 2.29. The molecule has 0 radical (unpaired) electrons. The largest absolute Gasteiger partial charge is 0.396 e. The van der Waals surface area contributed by atoms with Crippen molar-refractivity contribution in [1.82, 2.24) is 0 Å². The van der Waals surface area contributed by atoms with E-state index in [0.717, 1.165) is 12.8 Å². The maximum absolute atomic E-state index is 9.18. The Kier molecular flexibility index (Phi) is 9.00. The maximum atomic E-state index is 9.18. The van der Waals surface area contributed by atoms with Gasteiger partial charge in [-0.25, -0.2) is 0 Å². The highest BCUT2D eigenvalue weighted by atomic mass is 16.5. The van der Waals surface area contributed by atoms with Gasteiger partial charge in [-0.2, -0.15) is 0 Å². The van der Waals surface area contributed by atoms with Crippen molar-refractivity contribution < 1.29 is 19.7 Å². The molecule has 0 heterocycles. The maximum Gasteiger partial charge on any atom is 0.0510 e. The van der Waals surface area contributed by atoms with E-state index in [9.17, 15) is 10.2 Å². The van der Waals surface area contributed by atoms with Crippen molar-refractivity contribution in [3.05, 3.63) is 0 Å². The van der Waals surface area contributed by atoms with Gasteiger partial charge in [0.25, 0.3) is 0 Å². The Bertz CT molecular complexity index is 126. The third-order valence-corrected chi connectivity index (χ3v) is 2.83. The molecule has 15 heavy (non-hydrogen) atoms. The van der Waals surface area contributed by atoms with Gasteiger partial charge in [-0.3, -0.25) is 0 Å². The Morgan fingerprint density at radius 3 is 2.20 bits per heavy atom. The van der Waals surface area contributed by atoms with E-state index in [2.05, 4.69) is 0 Å². The predicted molar refractivity (Wildman–Crippen MR) is 58.8 cm³/mol. The summed E-state index contributed by atoms with van der Waals surface area (Å²) >= 11 is 0. The van der Waals surface area contributed by atoms with E-state index in [0.29, 0.717) is 26.2 Å². The molecule has 0 saturated carbocycles. The average molecular weight is 220 g/mol. The third kappa shape index (κ3) is 6.10. The first-order valence-corrected chi connectivity index (χ1v) is 5.53. The Morgan fingerprint density at radius 1 is 1.07 bits per heavy atom. The summed E-state index contributed by atoms with van der Waals surface area (Å²) in [6.45, 7) is 3.96. The van der Waals surface area contributed by atoms with Crippen LogP contribution in [0.1, 0.15) is 26.2 Å². The van der Waals surface area contributed by atoms with Crippen molar-refractivity contribution in [2.24, 2.45) is 5.41 Å². The van der Waals surface area contributed by atoms with Crippen LogP contribution in [0.3, 0.4) is 0 Å². The van der Waals surface area contributed by atoms with Crippen molar-refractivity contribution in [2.75, 3.05) is 40.1 Å². The molecule has 2 N–H and O–H groups in total. The monoisotopic (exact) mass is 220 g/mol. The molecule has 0 rings (SSSR count). The first-order chi connectivity index (χ1) is 7.24. The van der Waals surface area contributed by atoms with Crippen LogP contribution in [0.2, 0.25) is 0 Å². The zero-order valence-electron chi connectivity index (χ0n) is 9.87. The Hall–Kier alpha value is -0.160. The lowest BCUT2D eigenvalue weighted by Gasteiger charge is -2.27. The van der Waals surface area contributed by atoms with Gasteiger partial charge in [0.1, 0.15) is 0 Å². The van der Waals surface area contributed by atoms with E-state index < -0.39 is 0 Å². The van der Waals surface area contributed by atoms with Crippen LogP contribution in [-0.2, 0) is 9.47 Å². The van der Waals surface area contributed by atoms with Gasteiger partial charge in [0, 0.05) is 32.3 Å². The number of aliphatic hydroxyl groups excluding tert-OH is 2. The number of methoxy groups -OCH3 is 1. The minimum absolute atomic E-state index is 0.0153. The second kappa shape index (κ2) is 9.09. The minimum atomic E-state index is -0.374. The molecule has 0 spiro atoms. The Balaban J connectivity index is 3.54. The molecule has 0 aromatic rings. The molecule has 0 amide bonds. The fourth-order valence-corrected chi connectivity index (χ4v) is 1.30. The van der Waals surface area contributed by atoms with E-state index in [1.165, 1.54) is 0 Å². The van der Waals surface area contributed by atoms with Crippen LogP contribution in [0, 0.1) is 5.41 Å². The van der Waals surface area contributed by atoms with Gasteiger partial charge in [-0.15, -0.1) is 0 Å². The molecule has 0 aliphatic heterocycles. The van der Waals surface area contributed by atoms with Crippen molar-refractivity contribution in [1.29, 1.82) is 0 Å². The quantitative estimate of drug-likeness (QED) is 0.535. The topological polar surface area (TPSA) is 58.9 Å². The van der Waals surface area contributed by atoms with Gasteiger partial charge < -0.3 is 19.7 Å². The van der Waals surface area contributed by atoms with Crippen molar-refractivity contribution >= 4 is 0 Å². The van der Waals surface area contributed by atoms with E-state index in [-0.39, 0.29) is 18.6 Å². The van der Waals surface area contributed by atoms with Gasteiger partial charge in [-0.1, -0.05) is 6.92 Å². The lowest BCUT2D eigenvalue weighted by atomic mass is 9.84. The standard InChI is InChI=1S/C11H24O4/c1-3-11(9-12,10-13)5-8-15-7-4-6-14-2/h12-13H,3-10H2,1-2H3. The number of hydrogen-bond acceptors (Lipinski definition) is 4. The fraction of sp³-hybridized carbons (Fsp3) is 1.00. The number of rotatable bonds is 10. The minimum Gasteiger partial charge on any atom is -0.396 e. The highest BCUT2D eigenvalue weighted by molar-refractivity contribution is 4.75. The van der Waals surface area contributed by atoms with Crippen LogP contribution in [-0.4, -0.2) is 50.4 Å². The van der Waals surface area contributed by atoms with Gasteiger partial charge in [0.15, 0.2) is 0 Å². The van der Waals surface area contributed by atoms with Gasteiger partial charge in [0.05, 0.1) is 13.2 Å². The fourth-order valence-electron chi connectivity index (χ4n) is 1.30. The predicted octanol–water partition coefficient (Wildman–Crippen LogP) is 0.811. The summed E-state index contributed by atoms with van der Waals surface area (Å²) in [4.78, 5) is 0. The van der Waals surface area contributed by atoms with E-state index in [1.54, 1.807) is 7.11 Å². The van der Waals surface area contributed by atoms with Crippen molar-refractivity contribution in [2.45, 2.75) is 26.2 Å². The van der Waals surface area contributed by atoms with Gasteiger partial charge in [-0.05, 0) is 19.3 Å². The molecule has 0 bridgehead atoms. The zero-order valence-corrected chi connectivity index (χ0v) is 9.87. The summed E-state index contributed by atoms with van der Waals surface area (Å²) in [7, 11) is 1.67. The van der Waals surface area contributed by atoms with E-state index in [4.69, 9.17) is 9.47 Å². The molecule has 4 nitrogen and oxygen atoms in total. The number of hydrogen-bond donors (Lipinski definition) is 2. The van der Waals surface area contributed by atoms with Crippen LogP contribution >= 0.6 is 0 Å². The lowest BCUT2D eigenvalue weighted by molar-refractivity contribution is 0.0104. The van der Waals surface area contributed by atoms with E-state index in [1.807, 2.05) is 6.92 Å². The molecule has 0 saturated heterocycles. The first kappa shape index (κ1) is 14.8. The second-order valence-electron chi connectivity index (χ2n) is 3.88. The Labute approximate surface area is 92.2 Å². The smallest absolute Gasteiger partial charge is 0.0510 e. The summed E-state index contributed by atoms with van der Waals surface area (Å²) in [6, 6.07) is 0. The second-order valence-corrected chi connectivity index (χ2v) is 3.88. The summed E-state index contributed by atoms with van der Waals surface area (Å²) in [5, 5.41) is 18.4. The number of aliphatic hydroxyl groups is 2. The normalized spacial score (nSPS) is 12.0. The number of ether oxygens (including phenoxy) is 2. The first-order valence-electron chi connectivity index (χ1n) is 5.53. The van der Waals surface area contributed by atoms with Crippen LogP contribution in [0.5, 0.6) is 0 Å². The lowest BCUT2D eigenvalue weighted by Crippen LogP contribution is -2.30. The molecule has 0 unspecified atom stereocenters. The van der Waals surface area contributed by atoms with Crippen LogP contribution in [0.4, 0.5) is 0 Å². The molecule has 4 heteroatoms. The van der Waals surface area contributed by atoms with E-state index >= 15 is 0 Å². The summed E-state index contributed by atoms with van der Waals surface area (Å²) in [5.74, 6) is 0. The zero-order chi connectivity index (χ0) is 11.6.